The van der Waals surface area contributed by atoms with Gasteiger partial charge in [0.2, 0.25) is 0 Å². The molecule has 0 bridgehead atoms. The predicted molar refractivity (Wildman–Crippen MR) is 67.6 cm³/mol. The van der Waals surface area contributed by atoms with Gasteiger partial charge in [-0.05, 0) is 36.9 Å². The smallest absolute Gasteiger partial charge is 0.113 e. The topological polar surface area (TPSA) is 38.9 Å². The standard InChI is InChI=1S/C14H21FN2/c1-9(2)12(8-16)13(15)11-6-5-10-4-3-7-17-14(10)11/h3-4,7,9,11-13H,5-6,8,16H2,1-2H3. The van der Waals surface area contributed by atoms with Crippen LogP contribution in [0.3, 0.4) is 0 Å². The van der Waals surface area contributed by atoms with Gasteiger partial charge in [0.05, 0.1) is 0 Å². The van der Waals surface area contributed by atoms with Gasteiger partial charge in [0.25, 0.3) is 0 Å². The second kappa shape index (κ2) is 5.13. The Morgan fingerprint density at radius 2 is 2.29 bits per heavy atom. The molecule has 0 amide bonds. The summed E-state index contributed by atoms with van der Waals surface area (Å²) in [7, 11) is 0. The minimum atomic E-state index is -0.865. The summed E-state index contributed by atoms with van der Waals surface area (Å²) in [5.41, 5.74) is 7.87. The molecule has 1 aromatic heterocycles. The minimum Gasteiger partial charge on any atom is -0.330 e. The molecule has 0 radical (unpaired) electrons. The fourth-order valence-electron chi connectivity index (χ4n) is 2.82. The third-order valence-corrected chi connectivity index (χ3v) is 3.92. The fourth-order valence-corrected chi connectivity index (χ4v) is 2.82. The molecule has 2 nitrogen and oxygen atoms in total. The minimum absolute atomic E-state index is 0.0536. The summed E-state index contributed by atoms with van der Waals surface area (Å²) in [5, 5.41) is 0. The number of pyridine rings is 1. The van der Waals surface area contributed by atoms with Crippen molar-refractivity contribution >= 4 is 0 Å². The van der Waals surface area contributed by atoms with Crippen molar-refractivity contribution in [1.29, 1.82) is 0 Å². The van der Waals surface area contributed by atoms with Gasteiger partial charge in [0.1, 0.15) is 6.17 Å². The highest BCUT2D eigenvalue weighted by Crippen LogP contribution is 2.39. The molecule has 1 aromatic rings. The maximum Gasteiger partial charge on any atom is 0.113 e. The molecular weight excluding hydrogens is 215 g/mol. The zero-order valence-electron chi connectivity index (χ0n) is 10.6. The normalized spacial score (nSPS) is 22.5. The van der Waals surface area contributed by atoms with Gasteiger partial charge < -0.3 is 5.73 Å². The Morgan fingerprint density at radius 3 is 2.94 bits per heavy atom. The van der Waals surface area contributed by atoms with Gasteiger partial charge in [-0.3, -0.25) is 4.98 Å². The predicted octanol–water partition coefficient (Wildman–Crippen LogP) is 2.68. The molecule has 17 heavy (non-hydrogen) atoms. The van der Waals surface area contributed by atoms with Gasteiger partial charge in [-0.25, -0.2) is 4.39 Å². The van der Waals surface area contributed by atoms with Crippen LogP contribution in [0.4, 0.5) is 4.39 Å². The van der Waals surface area contributed by atoms with Crippen LogP contribution in [0.15, 0.2) is 18.3 Å². The van der Waals surface area contributed by atoms with Gasteiger partial charge >= 0.3 is 0 Å². The molecule has 0 saturated carbocycles. The average molecular weight is 236 g/mol. The maximum atomic E-state index is 14.6. The van der Waals surface area contributed by atoms with Crippen LogP contribution in [0.25, 0.3) is 0 Å². The number of aromatic nitrogens is 1. The van der Waals surface area contributed by atoms with Crippen molar-refractivity contribution in [3.8, 4) is 0 Å². The first kappa shape index (κ1) is 12.5. The first-order valence-corrected chi connectivity index (χ1v) is 6.43. The summed E-state index contributed by atoms with van der Waals surface area (Å²) in [4.78, 5) is 4.36. The number of hydrogen-bond donors (Lipinski definition) is 1. The molecule has 2 N–H and O–H groups in total. The van der Waals surface area contributed by atoms with Crippen molar-refractivity contribution < 1.29 is 4.39 Å². The van der Waals surface area contributed by atoms with Crippen LogP contribution in [-0.2, 0) is 6.42 Å². The lowest BCUT2D eigenvalue weighted by Crippen LogP contribution is -2.33. The Labute approximate surface area is 102 Å². The highest BCUT2D eigenvalue weighted by Gasteiger charge is 2.36. The van der Waals surface area contributed by atoms with E-state index >= 15 is 0 Å². The Bertz CT molecular complexity index is 378. The first-order chi connectivity index (χ1) is 8.15. The molecule has 3 heteroatoms. The van der Waals surface area contributed by atoms with E-state index in [1.165, 1.54) is 5.56 Å². The van der Waals surface area contributed by atoms with Crippen molar-refractivity contribution in [2.75, 3.05) is 6.54 Å². The van der Waals surface area contributed by atoms with Crippen LogP contribution in [0, 0.1) is 11.8 Å². The van der Waals surface area contributed by atoms with Gasteiger partial charge in [0, 0.05) is 23.7 Å². The van der Waals surface area contributed by atoms with Gasteiger partial charge in [-0.15, -0.1) is 0 Å². The summed E-state index contributed by atoms with van der Waals surface area (Å²) in [6.07, 6.45) is 2.72. The SMILES string of the molecule is CC(C)C(CN)C(F)C1CCc2cccnc21. The number of rotatable bonds is 4. The van der Waals surface area contributed by atoms with Gasteiger partial charge in [0.15, 0.2) is 0 Å². The zero-order valence-corrected chi connectivity index (χ0v) is 10.6. The second-order valence-electron chi connectivity index (χ2n) is 5.28. The number of fused-ring (bicyclic) bond motifs is 1. The molecule has 0 aliphatic heterocycles. The van der Waals surface area contributed by atoms with Gasteiger partial charge in [-0.2, -0.15) is 0 Å². The largest absolute Gasteiger partial charge is 0.330 e. The Hall–Kier alpha value is -0.960. The Kier molecular flexibility index (Phi) is 3.77. The summed E-state index contributed by atoms with van der Waals surface area (Å²) in [6, 6.07) is 3.99. The molecular formula is C14H21FN2. The first-order valence-electron chi connectivity index (χ1n) is 6.43. The average Bonchev–Trinajstić information content (AvgIpc) is 2.72. The molecule has 94 valence electrons. The van der Waals surface area contributed by atoms with Crippen LogP contribution >= 0.6 is 0 Å². The molecule has 3 atom stereocenters. The van der Waals surface area contributed by atoms with Crippen LogP contribution in [0.5, 0.6) is 0 Å². The van der Waals surface area contributed by atoms with E-state index in [0.29, 0.717) is 6.54 Å². The molecule has 1 aliphatic carbocycles. The van der Waals surface area contributed by atoms with E-state index in [4.69, 9.17) is 5.73 Å². The highest BCUT2D eigenvalue weighted by molar-refractivity contribution is 5.29. The monoisotopic (exact) mass is 236 g/mol. The van der Waals surface area contributed by atoms with Crippen LogP contribution in [-0.4, -0.2) is 17.7 Å². The van der Waals surface area contributed by atoms with Crippen LogP contribution < -0.4 is 5.73 Å². The third-order valence-electron chi connectivity index (χ3n) is 3.92. The number of nitrogens with two attached hydrogens (primary N) is 1. The molecule has 3 unspecified atom stereocenters. The lowest BCUT2D eigenvalue weighted by Gasteiger charge is -2.27. The lowest BCUT2D eigenvalue weighted by molar-refractivity contribution is 0.153. The van der Waals surface area contributed by atoms with Crippen molar-refractivity contribution in [1.82, 2.24) is 4.98 Å². The van der Waals surface area contributed by atoms with Crippen molar-refractivity contribution in [2.45, 2.75) is 38.8 Å². The Morgan fingerprint density at radius 1 is 1.53 bits per heavy atom. The summed E-state index contributed by atoms with van der Waals surface area (Å²) in [5.74, 6) is 0.165. The molecule has 0 saturated heterocycles. The third kappa shape index (κ3) is 2.34. The number of hydrogen-bond acceptors (Lipinski definition) is 2. The second-order valence-corrected chi connectivity index (χ2v) is 5.28. The number of halogens is 1. The van der Waals surface area contributed by atoms with Crippen molar-refractivity contribution in [3.05, 3.63) is 29.6 Å². The fraction of sp³-hybridized carbons (Fsp3) is 0.643. The summed E-state index contributed by atoms with van der Waals surface area (Å²) in [6.45, 7) is 4.49. The zero-order chi connectivity index (χ0) is 12.4. The van der Waals surface area contributed by atoms with Crippen molar-refractivity contribution in [3.63, 3.8) is 0 Å². The van der Waals surface area contributed by atoms with Crippen LogP contribution in [0.2, 0.25) is 0 Å². The van der Waals surface area contributed by atoms with E-state index in [0.717, 1.165) is 18.5 Å². The summed E-state index contributed by atoms with van der Waals surface area (Å²) < 4.78 is 14.6. The van der Waals surface area contributed by atoms with Gasteiger partial charge in [-0.1, -0.05) is 19.9 Å². The van der Waals surface area contributed by atoms with E-state index in [1.807, 2.05) is 19.9 Å². The molecule has 0 fully saturated rings. The molecule has 1 heterocycles. The molecule has 0 aromatic carbocycles. The van der Waals surface area contributed by atoms with Crippen molar-refractivity contribution in [2.24, 2.45) is 17.6 Å². The Balaban J connectivity index is 2.19. The molecule has 2 rings (SSSR count). The molecule has 1 aliphatic rings. The van der Waals surface area contributed by atoms with E-state index < -0.39 is 6.17 Å². The quantitative estimate of drug-likeness (QED) is 0.873. The van der Waals surface area contributed by atoms with E-state index in [2.05, 4.69) is 11.1 Å². The van der Waals surface area contributed by atoms with E-state index in [1.54, 1.807) is 6.20 Å². The number of alkyl halides is 1. The number of aryl methyl sites for hydroxylation is 1. The number of nitrogens with zero attached hydrogens (tertiary/aromatic N) is 1. The lowest BCUT2D eigenvalue weighted by atomic mass is 9.83. The highest BCUT2D eigenvalue weighted by atomic mass is 19.1. The van der Waals surface area contributed by atoms with Crippen LogP contribution in [0.1, 0.15) is 37.4 Å². The van der Waals surface area contributed by atoms with E-state index in [-0.39, 0.29) is 17.8 Å². The molecule has 0 spiro atoms. The maximum absolute atomic E-state index is 14.6. The van der Waals surface area contributed by atoms with E-state index in [9.17, 15) is 4.39 Å². The summed E-state index contributed by atoms with van der Waals surface area (Å²) >= 11 is 0.